The van der Waals surface area contributed by atoms with E-state index in [4.69, 9.17) is 22.6 Å². The highest BCUT2D eigenvalue weighted by atomic mass is 35.5. The average Bonchev–Trinajstić information content (AvgIpc) is 2.86. The number of hydrogen-bond acceptors (Lipinski definition) is 5. The highest BCUT2D eigenvalue weighted by Gasteiger charge is 2.23. The van der Waals surface area contributed by atoms with Crippen LogP contribution in [-0.4, -0.2) is 23.6 Å². The van der Waals surface area contributed by atoms with E-state index < -0.39 is 17.7 Å². The Kier molecular flexibility index (Phi) is 4.76. The van der Waals surface area contributed by atoms with Crippen LogP contribution in [0.1, 0.15) is 23.0 Å². The summed E-state index contributed by atoms with van der Waals surface area (Å²) >= 11 is 5.99. The molecule has 0 aliphatic heterocycles. The minimum absolute atomic E-state index is 0.0258. The molecular formula is C15H12ClFN4O3. The highest BCUT2D eigenvalue weighted by Crippen LogP contribution is 2.31. The molecule has 0 aliphatic rings. The van der Waals surface area contributed by atoms with Crippen molar-refractivity contribution in [3.05, 3.63) is 40.4 Å². The number of nitrogens with two attached hydrogens (primary N) is 1. The van der Waals surface area contributed by atoms with Gasteiger partial charge in [-0.1, -0.05) is 11.6 Å². The molecule has 0 fully saturated rings. The van der Waals surface area contributed by atoms with E-state index >= 15 is 0 Å². The standard InChI is InChI=1S/C15H12ClFN4O3/c1-7(22)20-13-10(16)3-9(4-11(13)17)21-6-8(5-18)12(19)14(21)15(23)24-2/h3-4,6H,19H2,1-2H3,(H,20,22). The van der Waals surface area contributed by atoms with E-state index in [0.717, 1.165) is 13.2 Å². The summed E-state index contributed by atoms with van der Waals surface area (Å²) in [6.07, 6.45) is 1.27. The van der Waals surface area contributed by atoms with Crippen LogP contribution in [0.3, 0.4) is 0 Å². The molecule has 1 heterocycles. The quantitative estimate of drug-likeness (QED) is 0.826. The van der Waals surface area contributed by atoms with Crippen molar-refractivity contribution in [1.29, 1.82) is 5.26 Å². The predicted molar refractivity (Wildman–Crippen MR) is 85.5 cm³/mol. The van der Waals surface area contributed by atoms with Gasteiger partial charge in [0.25, 0.3) is 0 Å². The van der Waals surface area contributed by atoms with Gasteiger partial charge < -0.3 is 20.4 Å². The normalized spacial score (nSPS) is 10.1. The van der Waals surface area contributed by atoms with Gasteiger partial charge in [0.15, 0.2) is 5.69 Å². The van der Waals surface area contributed by atoms with Crippen molar-refractivity contribution >= 4 is 34.9 Å². The Balaban J connectivity index is 2.67. The molecule has 124 valence electrons. The van der Waals surface area contributed by atoms with Crippen LogP contribution in [0.2, 0.25) is 5.02 Å². The maximum absolute atomic E-state index is 14.2. The molecule has 2 aromatic rings. The fraction of sp³-hybridized carbons (Fsp3) is 0.133. The Bertz CT molecular complexity index is 863. The summed E-state index contributed by atoms with van der Waals surface area (Å²) in [4.78, 5) is 23.0. The van der Waals surface area contributed by atoms with E-state index in [0.29, 0.717) is 0 Å². The largest absolute Gasteiger partial charge is 0.464 e. The second-order valence-electron chi connectivity index (χ2n) is 4.74. The molecule has 1 aromatic carbocycles. The molecular weight excluding hydrogens is 339 g/mol. The predicted octanol–water partition coefficient (Wildman–Crippen LogP) is 2.47. The van der Waals surface area contributed by atoms with Gasteiger partial charge in [-0.05, 0) is 6.07 Å². The van der Waals surface area contributed by atoms with Crippen molar-refractivity contribution in [2.45, 2.75) is 6.92 Å². The van der Waals surface area contributed by atoms with Gasteiger partial charge in [-0.2, -0.15) is 5.26 Å². The van der Waals surface area contributed by atoms with Crippen molar-refractivity contribution in [2.75, 3.05) is 18.2 Å². The lowest BCUT2D eigenvalue weighted by molar-refractivity contribution is -0.114. The SMILES string of the molecule is COC(=O)c1c(N)c(C#N)cn1-c1cc(F)c(NC(C)=O)c(Cl)c1. The summed E-state index contributed by atoms with van der Waals surface area (Å²) in [5, 5.41) is 11.3. The second kappa shape index (κ2) is 6.60. The van der Waals surface area contributed by atoms with Crippen LogP contribution in [0.5, 0.6) is 0 Å². The zero-order valence-electron chi connectivity index (χ0n) is 12.7. The number of nitriles is 1. The van der Waals surface area contributed by atoms with Crippen LogP contribution in [-0.2, 0) is 9.53 Å². The number of aromatic nitrogens is 1. The van der Waals surface area contributed by atoms with Gasteiger partial charge in [-0.3, -0.25) is 4.79 Å². The number of anilines is 2. The molecule has 0 atom stereocenters. The van der Waals surface area contributed by atoms with E-state index in [1.165, 1.54) is 23.8 Å². The molecule has 0 aliphatic carbocycles. The summed E-state index contributed by atoms with van der Waals surface area (Å²) in [6, 6.07) is 4.20. The minimum Gasteiger partial charge on any atom is -0.464 e. The van der Waals surface area contributed by atoms with Crippen LogP contribution in [0.4, 0.5) is 15.8 Å². The number of rotatable bonds is 3. The summed E-state index contributed by atoms with van der Waals surface area (Å²) in [5.41, 5.74) is 5.53. The average molecular weight is 351 g/mol. The molecule has 24 heavy (non-hydrogen) atoms. The molecule has 0 spiro atoms. The van der Waals surface area contributed by atoms with Crippen molar-refractivity contribution in [3.8, 4) is 11.8 Å². The molecule has 2 rings (SSSR count). The van der Waals surface area contributed by atoms with Crippen LogP contribution in [0.25, 0.3) is 5.69 Å². The van der Waals surface area contributed by atoms with Crippen LogP contribution in [0, 0.1) is 17.1 Å². The topological polar surface area (TPSA) is 110 Å². The number of amides is 1. The number of ether oxygens (including phenoxy) is 1. The third-order valence-corrected chi connectivity index (χ3v) is 3.45. The van der Waals surface area contributed by atoms with Crippen molar-refractivity contribution in [1.82, 2.24) is 4.57 Å². The minimum atomic E-state index is -0.811. The number of carbonyl (C=O) groups excluding carboxylic acids is 2. The zero-order chi connectivity index (χ0) is 18.0. The zero-order valence-corrected chi connectivity index (χ0v) is 13.4. The van der Waals surface area contributed by atoms with E-state index in [1.807, 2.05) is 6.07 Å². The Hall–Kier alpha value is -3.05. The summed E-state index contributed by atoms with van der Waals surface area (Å²) in [6.45, 7) is 1.21. The fourth-order valence-corrected chi connectivity index (χ4v) is 2.36. The number of nitrogen functional groups attached to an aromatic ring is 1. The Morgan fingerprint density at radius 2 is 2.12 bits per heavy atom. The molecule has 0 radical (unpaired) electrons. The fourth-order valence-electron chi connectivity index (χ4n) is 2.11. The first-order valence-corrected chi connectivity index (χ1v) is 6.94. The van der Waals surface area contributed by atoms with Gasteiger partial charge in [0, 0.05) is 19.2 Å². The van der Waals surface area contributed by atoms with Gasteiger partial charge in [0.2, 0.25) is 5.91 Å². The first-order chi connectivity index (χ1) is 11.3. The lowest BCUT2D eigenvalue weighted by Gasteiger charge is -2.12. The number of methoxy groups -OCH3 is 1. The lowest BCUT2D eigenvalue weighted by atomic mass is 10.2. The third kappa shape index (κ3) is 3.02. The summed E-state index contributed by atoms with van der Waals surface area (Å²) in [7, 11) is 1.15. The molecule has 0 saturated heterocycles. The number of halogens is 2. The van der Waals surface area contributed by atoms with Crippen LogP contribution >= 0.6 is 11.6 Å². The third-order valence-electron chi connectivity index (χ3n) is 3.15. The molecule has 1 aromatic heterocycles. The lowest BCUT2D eigenvalue weighted by Crippen LogP contribution is -2.12. The van der Waals surface area contributed by atoms with Gasteiger partial charge in [0.1, 0.15) is 11.9 Å². The first kappa shape index (κ1) is 17.3. The van der Waals surface area contributed by atoms with Gasteiger partial charge in [0.05, 0.1) is 34.8 Å². The molecule has 0 saturated carbocycles. The molecule has 1 amide bonds. The number of nitrogens with one attached hydrogen (secondary N) is 1. The van der Waals surface area contributed by atoms with E-state index in [2.05, 4.69) is 10.1 Å². The Labute approximate surface area is 141 Å². The van der Waals surface area contributed by atoms with Crippen molar-refractivity contribution in [3.63, 3.8) is 0 Å². The molecule has 7 nitrogen and oxygen atoms in total. The maximum atomic E-state index is 14.2. The van der Waals surface area contributed by atoms with Crippen LogP contribution < -0.4 is 11.1 Å². The Morgan fingerprint density at radius 3 is 2.62 bits per heavy atom. The van der Waals surface area contributed by atoms with Crippen LogP contribution in [0.15, 0.2) is 18.3 Å². The second-order valence-corrected chi connectivity index (χ2v) is 5.15. The van der Waals surface area contributed by atoms with E-state index in [-0.39, 0.29) is 33.3 Å². The number of carbonyl (C=O) groups is 2. The van der Waals surface area contributed by atoms with Crippen molar-refractivity contribution < 1.29 is 18.7 Å². The smallest absolute Gasteiger partial charge is 0.357 e. The number of benzene rings is 1. The van der Waals surface area contributed by atoms with E-state index in [9.17, 15) is 14.0 Å². The summed E-state index contributed by atoms with van der Waals surface area (Å²) < 4.78 is 20.1. The van der Waals surface area contributed by atoms with Crippen molar-refractivity contribution in [2.24, 2.45) is 0 Å². The number of nitrogens with zero attached hydrogens (tertiary/aromatic N) is 2. The monoisotopic (exact) mass is 350 g/mol. The maximum Gasteiger partial charge on any atom is 0.357 e. The molecule has 3 N–H and O–H groups in total. The summed E-state index contributed by atoms with van der Waals surface area (Å²) in [5.74, 6) is -2.10. The molecule has 9 heteroatoms. The molecule has 0 unspecified atom stereocenters. The van der Waals surface area contributed by atoms with E-state index in [1.54, 1.807) is 0 Å². The Morgan fingerprint density at radius 1 is 1.46 bits per heavy atom. The molecule has 0 bridgehead atoms. The number of esters is 1. The highest BCUT2D eigenvalue weighted by molar-refractivity contribution is 6.34. The first-order valence-electron chi connectivity index (χ1n) is 6.56. The van der Waals surface area contributed by atoms with Gasteiger partial charge in [-0.25, -0.2) is 9.18 Å². The van der Waals surface area contributed by atoms with Gasteiger partial charge in [-0.15, -0.1) is 0 Å². The number of hydrogen-bond donors (Lipinski definition) is 2. The van der Waals surface area contributed by atoms with Gasteiger partial charge >= 0.3 is 5.97 Å².